The minimum atomic E-state index is -1.15. The lowest BCUT2D eigenvalue weighted by Crippen LogP contribution is -2.25. The highest BCUT2D eigenvalue weighted by Gasteiger charge is 2.24. The van der Waals surface area contributed by atoms with E-state index < -0.39 is 11.9 Å². The van der Waals surface area contributed by atoms with Gasteiger partial charge in [-0.05, 0) is 80.6 Å². The number of rotatable bonds is 10. The first-order valence-corrected chi connectivity index (χ1v) is 13.2. The zero-order valence-electron chi connectivity index (χ0n) is 23.0. The summed E-state index contributed by atoms with van der Waals surface area (Å²) >= 11 is 0. The van der Waals surface area contributed by atoms with Crippen LogP contribution in [0, 0.1) is 13.8 Å². The van der Waals surface area contributed by atoms with E-state index in [1.807, 2.05) is 52.0 Å². The van der Waals surface area contributed by atoms with Crippen LogP contribution >= 0.6 is 0 Å². The SMILES string of the molecule is CCN=c1cc2oc3cc(NCC)c(C)cc3c(-c3ccc(C(=O)NCCCN=[N+]=[N-])cc3C(=O)O)c-2cc1C. The second-order valence-corrected chi connectivity index (χ2v) is 9.41. The monoisotopic (exact) mass is 540 g/mol. The summed E-state index contributed by atoms with van der Waals surface area (Å²) in [4.78, 5) is 32.6. The number of carboxylic acid groups (broad SMARTS) is 1. The summed E-state index contributed by atoms with van der Waals surface area (Å²) in [7, 11) is 0. The van der Waals surface area contributed by atoms with Gasteiger partial charge in [0, 0.05) is 71.0 Å². The second kappa shape index (κ2) is 12.4. The smallest absolute Gasteiger partial charge is 0.336 e. The Bertz CT molecular complexity index is 1680. The van der Waals surface area contributed by atoms with Gasteiger partial charge in [0.2, 0.25) is 0 Å². The Kier molecular flexibility index (Phi) is 8.71. The Hall–Kier alpha value is -4.82. The molecule has 10 heteroatoms. The van der Waals surface area contributed by atoms with Gasteiger partial charge >= 0.3 is 5.97 Å². The first-order chi connectivity index (χ1) is 19.3. The first kappa shape index (κ1) is 28.2. The van der Waals surface area contributed by atoms with Gasteiger partial charge in [-0.25, -0.2) is 4.79 Å². The van der Waals surface area contributed by atoms with Crippen molar-refractivity contribution in [2.75, 3.05) is 31.5 Å². The van der Waals surface area contributed by atoms with E-state index in [1.54, 1.807) is 12.1 Å². The molecule has 1 heterocycles. The number of azide groups is 1. The van der Waals surface area contributed by atoms with Crippen LogP contribution < -0.4 is 16.0 Å². The zero-order valence-corrected chi connectivity index (χ0v) is 23.0. The lowest BCUT2D eigenvalue weighted by molar-refractivity contribution is 0.0697. The number of nitrogens with one attached hydrogen (secondary N) is 2. The molecule has 3 N–H and O–H groups in total. The van der Waals surface area contributed by atoms with E-state index in [4.69, 9.17) is 9.95 Å². The van der Waals surface area contributed by atoms with E-state index in [1.165, 1.54) is 6.07 Å². The van der Waals surface area contributed by atoms with Crippen molar-refractivity contribution >= 4 is 28.5 Å². The number of hydrogen-bond acceptors (Lipinski definition) is 6. The van der Waals surface area contributed by atoms with Crippen LogP contribution in [0.3, 0.4) is 0 Å². The average molecular weight is 541 g/mol. The van der Waals surface area contributed by atoms with Gasteiger partial charge in [-0.3, -0.25) is 9.79 Å². The molecule has 0 spiro atoms. The van der Waals surface area contributed by atoms with Gasteiger partial charge in [-0.1, -0.05) is 11.2 Å². The Balaban J connectivity index is 1.95. The van der Waals surface area contributed by atoms with Crippen LogP contribution in [0.25, 0.3) is 43.9 Å². The summed E-state index contributed by atoms with van der Waals surface area (Å²) < 4.78 is 6.39. The highest BCUT2D eigenvalue weighted by Crippen LogP contribution is 2.43. The summed E-state index contributed by atoms with van der Waals surface area (Å²) in [6.07, 6.45) is 0.477. The maximum absolute atomic E-state index is 12.8. The number of benzene rings is 3. The van der Waals surface area contributed by atoms with Crippen LogP contribution in [0.2, 0.25) is 0 Å². The normalized spacial score (nSPS) is 11.4. The molecule has 1 amide bonds. The average Bonchev–Trinajstić information content (AvgIpc) is 2.93. The topological polar surface area (TPSA) is 153 Å². The molecular weight excluding hydrogens is 508 g/mol. The molecular formula is C30H32N6O4. The number of carboxylic acids is 1. The van der Waals surface area contributed by atoms with E-state index in [9.17, 15) is 14.7 Å². The van der Waals surface area contributed by atoms with E-state index in [0.29, 0.717) is 42.0 Å². The van der Waals surface area contributed by atoms with Crippen molar-refractivity contribution in [3.05, 3.63) is 80.5 Å². The van der Waals surface area contributed by atoms with Crippen LogP contribution in [0.15, 0.2) is 57.0 Å². The second-order valence-electron chi connectivity index (χ2n) is 9.41. The van der Waals surface area contributed by atoms with Crippen molar-refractivity contribution in [1.29, 1.82) is 0 Å². The summed E-state index contributed by atoms with van der Waals surface area (Å²) in [5.74, 6) is -0.962. The van der Waals surface area contributed by atoms with Crippen molar-refractivity contribution in [3.63, 3.8) is 0 Å². The van der Waals surface area contributed by atoms with Gasteiger partial charge in [-0.15, -0.1) is 0 Å². The summed E-state index contributed by atoms with van der Waals surface area (Å²) in [6, 6.07) is 12.5. The van der Waals surface area contributed by atoms with Crippen molar-refractivity contribution in [2.45, 2.75) is 34.1 Å². The fourth-order valence-corrected chi connectivity index (χ4v) is 4.78. The molecule has 0 fully saturated rings. The Morgan fingerprint density at radius 3 is 2.55 bits per heavy atom. The van der Waals surface area contributed by atoms with E-state index >= 15 is 0 Å². The van der Waals surface area contributed by atoms with Crippen LogP contribution in [-0.4, -0.2) is 43.2 Å². The molecule has 0 saturated heterocycles. The van der Waals surface area contributed by atoms with Crippen LogP contribution in [0.4, 0.5) is 5.69 Å². The summed E-state index contributed by atoms with van der Waals surface area (Å²) in [5.41, 5.74) is 14.1. The number of fused-ring (bicyclic) bond motifs is 2. The predicted octanol–water partition coefficient (Wildman–Crippen LogP) is 6.30. The van der Waals surface area contributed by atoms with Gasteiger partial charge < -0.3 is 20.2 Å². The molecule has 2 aromatic carbocycles. The van der Waals surface area contributed by atoms with Gasteiger partial charge in [0.05, 0.1) is 10.9 Å². The quantitative estimate of drug-likeness (QED) is 0.0708. The molecule has 1 aliphatic carbocycles. The molecule has 10 nitrogen and oxygen atoms in total. The van der Waals surface area contributed by atoms with E-state index in [-0.39, 0.29) is 17.7 Å². The summed E-state index contributed by atoms with van der Waals surface area (Å²) in [5, 5.41) is 21.4. The number of carbonyl (C=O) groups is 2. The number of carbonyl (C=O) groups excluding carboxylic acids is 1. The fraction of sp³-hybridized carbons (Fsp3) is 0.300. The van der Waals surface area contributed by atoms with E-state index in [0.717, 1.165) is 39.7 Å². The highest BCUT2D eigenvalue weighted by molar-refractivity contribution is 6.09. The lowest BCUT2D eigenvalue weighted by Gasteiger charge is -2.19. The molecule has 1 aliphatic heterocycles. The number of amides is 1. The standard InChI is InChI=1S/C30H32N6O4/c1-5-32-24-15-26-22(12-17(24)3)28(23-13-18(4)25(33-6-2)16-27(23)40-26)20-9-8-19(14-21(20)30(38)39)29(37)34-10-7-11-35-36-31/h8-9,12-16,32H,5-7,10-11H2,1-4H3,(H,34,37)(H,38,39). The number of hydrogen-bond donors (Lipinski definition) is 3. The number of aryl methyl sites for hydroxylation is 2. The molecule has 0 bridgehead atoms. The van der Waals surface area contributed by atoms with Crippen LogP contribution in [0.1, 0.15) is 52.1 Å². The van der Waals surface area contributed by atoms with Crippen LogP contribution in [0.5, 0.6) is 0 Å². The number of anilines is 1. The summed E-state index contributed by atoms with van der Waals surface area (Å²) in [6.45, 7) is 9.87. The molecule has 40 heavy (non-hydrogen) atoms. The largest absolute Gasteiger partial charge is 0.478 e. The van der Waals surface area contributed by atoms with Crippen molar-refractivity contribution in [2.24, 2.45) is 10.1 Å². The maximum Gasteiger partial charge on any atom is 0.336 e. The Morgan fingerprint density at radius 2 is 1.85 bits per heavy atom. The van der Waals surface area contributed by atoms with Gasteiger partial charge in [0.25, 0.3) is 5.91 Å². The zero-order chi connectivity index (χ0) is 28.8. The third kappa shape index (κ3) is 5.77. The van der Waals surface area contributed by atoms with E-state index in [2.05, 4.69) is 25.7 Å². The fourth-order valence-electron chi connectivity index (χ4n) is 4.78. The third-order valence-corrected chi connectivity index (χ3v) is 6.64. The third-order valence-electron chi connectivity index (χ3n) is 6.64. The van der Waals surface area contributed by atoms with Crippen LogP contribution in [-0.2, 0) is 0 Å². The minimum absolute atomic E-state index is 0.00363. The molecule has 0 radical (unpaired) electrons. The van der Waals surface area contributed by atoms with Crippen molar-refractivity contribution in [1.82, 2.24) is 5.32 Å². The predicted molar refractivity (Wildman–Crippen MR) is 156 cm³/mol. The minimum Gasteiger partial charge on any atom is -0.478 e. The number of aromatic carboxylic acids is 1. The van der Waals surface area contributed by atoms with Gasteiger partial charge in [0.15, 0.2) is 0 Å². The van der Waals surface area contributed by atoms with Crippen molar-refractivity contribution in [3.8, 4) is 22.5 Å². The molecule has 2 aromatic rings. The molecule has 0 atom stereocenters. The molecule has 0 aromatic heterocycles. The first-order valence-electron chi connectivity index (χ1n) is 13.2. The molecule has 0 unspecified atom stereocenters. The molecule has 2 aliphatic rings. The Morgan fingerprint density at radius 1 is 1.05 bits per heavy atom. The molecule has 4 rings (SSSR count). The molecule has 206 valence electrons. The highest BCUT2D eigenvalue weighted by atomic mass is 16.4. The number of nitrogens with zero attached hydrogens (tertiary/aromatic N) is 4. The maximum atomic E-state index is 12.8. The van der Waals surface area contributed by atoms with Gasteiger partial charge in [-0.2, -0.15) is 0 Å². The Labute approximate surface area is 231 Å². The lowest BCUT2D eigenvalue weighted by atomic mass is 9.88. The van der Waals surface area contributed by atoms with Crippen molar-refractivity contribution < 1.29 is 19.1 Å². The van der Waals surface area contributed by atoms with Gasteiger partial charge in [0.1, 0.15) is 11.3 Å². The molecule has 0 saturated carbocycles.